The Labute approximate surface area is 136 Å². The van der Waals surface area contributed by atoms with Gasteiger partial charge in [0.15, 0.2) is 5.69 Å². The minimum Gasteiger partial charge on any atom is -0.384 e. The Bertz CT molecular complexity index is 713. The minimum atomic E-state index is -4.54. The summed E-state index contributed by atoms with van der Waals surface area (Å²) in [4.78, 5) is 16.0. The van der Waals surface area contributed by atoms with Crippen LogP contribution in [0.3, 0.4) is 0 Å². The number of aromatic nitrogens is 3. The van der Waals surface area contributed by atoms with E-state index in [1.807, 2.05) is 0 Å². The number of amides is 1. The molecule has 0 radical (unpaired) electrons. The fourth-order valence-electron chi connectivity index (χ4n) is 2.05. The molecule has 0 spiro atoms. The molecule has 1 amide bonds. The van der Waals surface area contributed by atoms with Crippen LogP contribution >= 0.6 is 0 Å². The predicted octanol–water partition coefficient (Wildman–Crippen LogP) is 2.43. The number of pyridine rings is 1. The number of nitrogens with one attached hydrogen (secondary N) is 1. The smallest absolute Gasteiger partial charge is 0.384 e. The van der Waals surface area contributed by atoms with Crippen LogP contribution in [0.1, 0.15) is 17.0 Å². The van der Waals surface area contributed by atoms with Crippen LogP contribution in [0.25, 0.3) is 0 Å². The van der Waals surface area contributed by atoms with E-state index in [0.29, 0.717) is 18.8 Å². The van der Waals surface area contributed by atoms with Gasteiger partial charge in [-0.2, -0.15) is 18.3 Å². The minimum absolute atomic E-state index is 0.249. The average Bonchev–Trinajstić information content (AvgIpc) is 2.86. The predicted molar refractivity (Wildman–Crippen MR) is 80.4 cm³/mol. The Morgan fingerprint density at radius 3 is 2.75 bits per heavy atom. The van der Waals surface area contributed by atoms with Gasteiger partial charge in [0.05, 0.1) is 6.61 Å². The Hall–Kier alpha value is -2.42. The summed E-state index contributed by atoms with van der Waals surface area (Å²) in [5.41, 5.74) is 0.156. The lowest BCUT2D eigenvalue weighted by molar-refractivity contribution is -0.141. The van der Waals surface area contributed by atoms with Gasteiger partial charge in [-0.1, -0.05) is 0 Å². The van der Waals surface area contributed by atoms with Gasteiger partial charge in [-0.05, 0) is 37.1 Å². The number of carbonyl (C=O) groups is 1. The van der Waals surface area contributed by atoms with Crippen LogP contribution in [-0.4, -0.2) is 34.4 Å². The van der Waals surface area contributed by atoms with E-state index in [-0.39, 0.29) is 12.2 Å². The molecule has 0 aliphatic heterocycles. The van der Waals surface area contributed by atoms with E-state index in [2.05, 4.69) is 15.4 Å². The zero-order valence-corrected chi connectivity index (χ0v) is 13.2. The maximum atomic E-state index is 12.6. The number of hydrogen-bond acceptors (Lipinski definition) is 4. The molecule has 0 fully saturated rings. The molecule has 2 rings (SSSR count). The summed E-state index contributed by atoms with van der Waals surface area (Å²) in [5, 5.41) is 5.96. The number of aryl methyl sites for hydroxylation is 1. The zero-order chi connectivity index (χ0) is 17.7. The molecule has 2 aromatic rings. The Kier molecular flexibility index (Phi) is 5.55. The zero-order valence-electron chi connectivity index (χ0n) is 13.2. The number of nitrogens with zero attached hydrogens (tertiary/aromatic N) is 3. The van der Waals surface area contributed by atoms with Gasteiger partial charge in [0.1, 0.15) is 12.4 Å². The van der Waals surface area contributed by atoms with Crippen molar-refractivity contribution < 1.29 is 22.7 Å². The quantitative estimate of drug-likeness (QED) is 0.875. The molecule has 24 heavy (non-hydrogen) atoms. The lowest BCUT2D eigenvalue weighted by Gasteiger charge is -2.08. The summed E-state index contributed by atoms with van der Waals surface area (Å²) >= 11 is 0. The molecule has 0 unspecified atom stereocenters. The molecule has 0 aliphatic rings. The highest BCUT2D eigenvalue weighted by Crippen LogP contribution is 2.28. The largest absolute Gasteiger partial charge is 0.435 e. The Morgan fingerprint density at radius 1 is 1.38 bits per heavy atom. The van der Waals surface area contributed by atoms with E-state index in [1.165, 1.54) is 6.92 Å². The Morgan fingerprint density at radius 2 is 2.12 bits per heavy atom. The summed E-state index contributed by atoms with van der Waals surface area (Å²) in [6, 6.07) is 4.38. The molecule has 2 aromatic heterocycles. The van der Waals surface area contributed by atoms with Crippen LogP contribution in [-0.2, 0) is 28.7 Å². The van der Waals surface area contributed by atoms with Crippen molar-refractivity contribution in [3.8, 4) is 0 Å². The molecule has 0 saturated heterocycles. The van der Waals surface area contributed by atoms with Crippen molar-refractivity contribution in [2.24, 2.45) is 0 Å². The summed E-state index contributed by atoms with van der Waals surface area (Å²) in [6.45, 7) is 1.66. The lowest BCUT2D eigenvalue weighted by Crippen LogP contribution is -2.21. The van der Waals surface area contributed by atoms with Crippen molar-refractivity contribution in [2.75, 3.05) is 19.0 Å². The average molecular weight is 342 g/mol. The van der Waals surface area contributed by atoms with E-state index in [0.717, 1.165) is 16.3 Å². The standard InChI is InChI=1S/C15H17F3N4O2/c1-10-7-12(15(16,17)18)21-22(10)9-14(23)20-13-8-11(3-5-19-13)4-6-24-2/h3,5,7-8H,4,6,9H2,1-2H3,(H,19,20,23). The molecule has 1 N–H and O–H groups in total. The number of rotatable bonds is 6. The molecule has 0 bridgehead atoms. The van der Waals surface area contributed by atoms with E-state index in [4.69, 9.17) is 4.74 Å². The molecule has 2 heterocycles. The van der Waals surface area contributed by atoms with Crippen LogP contribution in [0.5, 0.6) is 0 Å². The first-order valence-electron chi connectivity index (χ1n) is 7.15. The summed E-state index contributed by atoms with van der Waals surface area (Å²) in [5.74, 6) is -0.180. The van der Waals surface area contributed by atoms with Gasteiger partial charge in [-0.15, -0.1) is 0 Å². The molecule has 0 aliphatic carbocycles. The normalized spacial score (nSPS) is 11.5. The number of hydrogen-bond donors (Lipinski definition) is 1. The van der Waals surface area contributed by atoms with Crippen molar-refractivity contribution in [2.45, 2.75) is 26.1 Å². The van der Waals surface area contributed by atoms with Gasteiger partial charge in [-0.3, -0.25) is 9.48 Å². The van der Waals surface area contributed by atoms with Crippen LogP contribution in [0, 0.1) is 6.92 Å². The highest BCUT2D eigenvalue weighted by atomic mass is 19.4. The number of ether oxygens (including phenoxy) is 1. The maximum Gasteiger partial charge on any atom is 0.435 e. The number of alkyl halides is 3. The van der Waals surface area contributed by atoms with Gasteiger partial charge in [0.2, 0.25) is 5.91 Å². The van der Waals surface area contributed by atoms with Crippen molar-refractivity contribution in [3.63, 3.8) is 0 Å². The third-order valence-corrected chi connectivity index (χ3v) is 3.25. The third-order valence-electron chi connectivity index (χ3n) is 3.25. The topological polar surface area (TPSA) is 69.0 Å². The van der Waals surface area contributed by atoms with E-state index in [1.54, 1.807) is 25.4 Å². The number of methoxy groups -OCH3 is 1. The number of anilines is 1. The third kappa shape index (κ3) is 4.79. The molecule has 6 nitrogen and oxygen atoms in total. The second-order valence-corrected chi connectivity index (χ2v) is 5.17. The molecule has 9 heteroatoms. The van der Waals surface area contributed by atoms with Gasteiger partial charge >= 0.3 is 6.18 Å². The van der Waals surface area contributed by atoms with E-state index < -0.39 is 17.8 Å². The van der Waals surface area contributed by atoms with Crippen LogP contribution in [0.15, 0.2) is 24.4 Å². The first-order valence-corrected chi connectivity index (χ1v) is 7.15. The van der Waals surface area contributed by atoms with Crippen molar-refractivity contribution in [3.05, 3.63) is 41.3 Å². The highest BCUT2D eigenvalue weighted by Gasteiger charge is 2.34. The molecule has 130 valence electrons. The molecule has 0 aromatic carbocycles. The molecular formula is C15H17F3N4O2. The molecule has 0 saturated carbocycles. The SMILES string of the molecule is COCCc1ccnc(NC(=O)Cn2nc(C(F)(F)F)cc2C)c1. The number of carbonyl (C=O) groups excluding carboxylic acids is 1. The molecular weight excluding hydrogens is 325 g/mol. The summed E-state index contributed by atoms with van der Waals surface area (Å²) in [6.07, 6.45) is -2.33. The van der Waals surface area contributed by atoms with Gasteiger partial charge < -0.3 is 10.1 Å². The second-order valence-electron chi connectivity index (χ2n) is 5.17. The highest BCUT2D eigenvalue weighted by molar-refractivity contribution is 5.89. The van der Waals surface area contributed by atoms with Crippen molar-refractivity contribution in [1.82, 2.24) is 14.8 Å². The van der Waals surface area contributed by atoms with Crippen molar-refractivity contribution >= 4 is 11.7 Å². The van der Waals surface area contributed by atoms with Crippen LogP contribution in [0.2, 0.25) is 0 Å². The van der Waals surface area contributed by atoms with Crippen LogP contribution in [0.4, 0.5) is 19.0 Å². The van der Waals surface area contributed by atoms with Gasteiger partial charge in [0, 0.05) is 19.0 Å². The van der Waals surface area contributed by atoms with Crippen LogP contribution < -0.4 is 5.32 Å². The summed E-state index contributed by atoms with van der Waals surface area (Å²) in [7, 11) is 1.59. The first kappa shape index (κ1) is 17.9. The maximum absolute atomic E-state index is 12.6. The first-order chi connectivity index (χ1) is 11.3. The lowest BCUT2D eigenvalue weighted by atomic mass is 10.2. The summed E-state index contributed by atoms with van der Waals surface area (Å²) < 4.78 is 43.8. The fourth-order valence-corrected chi connectivity index (χ4v) is 2.05. The van der Waals surface area contributed by atoms with Crippen molar-refractivity contribution in [1.29, 1.82) is 0 Å². The fraction of sp³-hybridized carbons (Fsp3) is 0.400. The molecule has 0 atom stereocenters. The number of halogens is 3. The van der Waals surface area contributed by atoms with Gasteiger partial charge in [-0.25, -0.2) is 4.98 Å². The second kappa shape index (κ2) is 7.43. The van der Waals surface area contributed by atoms with E-state index in [9.17, 15) is 18.0 Å². The Balaban J connectivity index is 2.02. The van der Waals surface area contributed by atoms with E-state index >= 15 is 0 Å². The monoisotopic (exact) mass is 342 g/mol. The van der Waals surface area contributed by atoms with Gasteiger partial charge in [0.25, 0.3) is 0 Å².